The summed E-state index contributed by atoms with van der Waals surface area (Å²) in [6.45, 7) is 5.59. The van der Waals surface area contributed by atoms with E-state index < -0.39 is 11.9 Å². The summed E-state index contributed by atoms with van der Waals surface area (Å²) < 4.78 is 21.3. The van der Waals surface area contributed by atoms with E-state index in [-0.39, 0.29) is 17.9 Å². The number of hydrogen-bond acceptors (Lipinski definition) is 5. The van der Waals surface area contributed by atoms with Gasteiger partial charge in [-0.15, -0.1) is 0 Å². The third-order valence-electron chi connectivity index (χ3n) is 5.63. The van der Waals surface area contributed by atoms with Crippen LogP contribution in [-0.4, -0.2) is 76.5 Å². The minimum absolute atomic E-state index is 0.00818. The first-order chi connectivity index (χ1) is 17.7. The molecular weight excluding hydrogens is 507 g/mol. The average molecular weight is 535 g/mol. The number of benzene rings is 2. The molecule has 1 aliphatic heterocycles. The number of carboxylic acid groups (broad SMARTS) is 2. The first kappa shape index (κ1) is 27.8. The maximum Gasteiger partial charge on any atom is 0.414 e. The van der Waals surface area contributed by atoms with Crippen LogP contribution in [0.5, 0.6) is 5.75 Å². The monoisotopic (exact) mass is 534 g/mol. The number of fused-ring (bicyclic) bond motifs is 1. The molecule has 10 nitrogen and oxygen atoms in total. The molecule has 3 aromatic rings. The third-order valence-corrected chi connectivity index (χ3v) is 5.87. The smallest absolute Gasteiger partial charge is 0.414 e. The van der Waals surface area contributed by atoms with Gasteiger partial charge in [-0.05, 0) is 62.4 Å². The van der Waals surface area contributed by atoms with Gasteiger partial charge in [-0.2, -0.15) is 0 Å². The molecule has 2 aromatic carbocycles. The summed E-state index contributed by atoms with van der Waals surface area (Å²) >= 11 is 6.21. The van der Waals surface area contributed by atoms with Gasteiger partial charge in [-0.25, -0.2) is 18.8 Å². The molecule has 0 aliphatic carbocycles. The van der Waals surface area contributed by atoms with E-state index in [2.05, 4.69) is 10.6 Å². The van der Waals surface area contributed by atoms with E-state index in [1.807, 2.05) is 40.8 Å². The Labute approximate surface area is 217 Å². The highest BCUT2D eigenvalue weighted by Gasteiger charge is 2.24. The lowest BCUT2D eigenvalue weighted by atomic mass is 10.2. The van der Waals surface area contributed by atoms with E-state index in [0.29, 0.717) is 18.2 Å². The van der Waals surface area contributed by atoms with Gasteiger partial charge < -0.3 is 35.1 Å². The molecule has 1 unspecified atom stereocenters. The SMILES string of the molecule is CC(CNCCCOc1cn(-c2ccc(F)cc2)c2ccc(Cl)cc12)N1CCNC1=O.O=C(O)C(=O)O. The Kier molecular flexibility index (Phi) is 9.70. The Morgan fingerprint density at radius 3 is 2.51 bits per heavy atom. The second kappa shape index (κ2) is 12.9. The topological polar surface area (TPSA) is 133 Å². The van der Waals surface area contributed by atoms with Crippen LogP contribution in [0.15, 0.2) is 48.7 Å². The van der Waals surface area contributed by atoms with Gasteiger partial charge in [0, 0.05) is 41.8 Å². The molecule has 198 valence electrons. The van der Waals surface area contributed by atoms with Crippen LogP contribution in [0, 0.1) is 5.82 Å². The van der Waals surface area contributed by atoms with Gasteiger partial charge in [-0.1, -0.05) is 11.6 Å². The molecule has 1 saturated heterocycles. The molecule has 4 N–H and O–H groups in total. The van der Waals surface area contributed by atoms with Crippen molar-refractivity contribution in [2.45, 2.75) is 19.4 Å². The highest BCUT2D eigenvalue weighted by molar-refractivity contribution is 6.31. The predicted octanol–water partition coefficient (Wildman–Crippen LogP) is 3.35. The van der Waals surface area contributed by atoms with Crippen molar-refractivity contribution in [3.8, 4) is 11.4 Å². The third kappa shape index (κ3) is 7.58. The zero-order chi connectivity index (χ0) is 26.9. The van der Waals surface area contributed by atoms with E-state index in [9.17, 15) is 9.18 Å². The molecule has 0 bridgehead atoms. The first-order valence-corrected chi connectivity index (χ1v) is 12.0. The number of nitrogens with one attached hydrogen (secondary N) is 2. The van der Waals surface area contributed by atoms with Crippen LogP contribution < -0.4 is 15.4 Å². The maximum atomic E-state index is 13.3. The minimum atomic E-state index is -1.82. The number of carbonyl (C=O) groups is 3. The lowest BCUT2D eigenvalue weighted by molar-refractivity contribution is -0.159. The number of amides is 2. The maximum absolute atomic E-state index is 13.3. The Hall–Kier alpha value is -3.83. The summed E-state index contributed by atoms with van der Waals surface area (Å²) in [7, 11) is 0. The summed E-state index contributed by atoms with van der Waals surface area (Å²) in [5.41, 5.74) is 1.80. The molecule has 1 fully saturated rings. The molecule has 1 aromatic heterocycles. The van der Waals surface area contributed by atoms with Crippen LogP contribution in [0.2, 0.25) is 5.02 Å². The number of ether oxygens (including phenoxy) is 1. The van der Waals surface area contributed by atoms with E-state index >= 15 is 0 Å². The number of rotatable bonds is 9. The van der Waals surface area contributed by atoms with Gasteiger partial charge in [0.25, 0.3) is 0 Å². The summed E-state index contributed by atoms with van der Waals surface area (Å²) in [4.78, 5) is 31.7. The van der Waals surface area contributed by atoms with Gasteiger partial charge >= 0.3 is 18.0 Å². The summed E-state index contributed by atoms with van der Waals surface area (Å²) in [6.07, 6.45) is 2.73. The Bertz CT molecular complexity index is 1240. The van der Waals surface area contributed by atoms with Crippen molar-refractivity contribution < 1.29 is 33.7 Å². The van der Waals surface area contributed by atoms with Crippen LogP contribution >= 0.6 is 11.6 Å². The molecule has 12 heteroatoms. The molecule has 2 heterocycles. The number of hydrogen-bond donors (Lipinski definition) is 4. The van der Waals surface area contributed by atoms with Crippen LogP contribution in [0.25, 0.3) is 16.6 Å². The van der Waals surface area contributed by atoms with Crippen molar-refractivity contribution in [2.75, 3.05) is 32.8 Å². The predicted molar refractivity (Wildman–Crippen MR) is 136 cm³/mol. The normalized spacial score (nSPS) is 13.6. The standard InChI is InChI=1S/C23H26ClFN4O2.C2H2O4/c1-16(28-11-10-27-23(28)30)14-26-9-2-12-31-22-15-29(19-6-4-18(25)5-7-19)21-8-3-17(24)13-20(21)22;3-1(4)2(5)6/h3-8,13,15-16,26H,2,9-12,14H2,1H3,(H,27,30);(H,3,4)(H,5,6). The van der Waals surface area contributed by atoms with Crippen molar-refractivity contribution in [3.63, 3.8) is 0 Å². The van der Waals surface area contributed by atoms with Crippen LogP contribution in [0.3, 0.4) is 0 Å². The summed E-state index contributed by atoms with van der Waals surface area (Å²) in [5.74, 6) is -3.18. The Morgan fingerprint density at radius 2 is 1.89 bits per heavy atom. The number of urea groups is 1. The number of carboxylic acids is 2. The number of carbonyl (C=O) groups excluding carboxylic acids is 1. The van der Waals surface area contributed by atoms with E-state index in [0.717, 1.165) is 48.4 Å². The largest absolute Gasteiger partial charge is 0.491 e. The van der Waals surface area contributed by atoms with Gasteiger partial charge in [-0.3, -0.25) is 0 Å². The molecule has 37 heavy (non-hydrogen) atoms. The van der Waals surface area contributed by atoms with Crippen molar-refractivity contribution in [1.82, 2.24) is 20.1 Å². The van der Waals surface area contributed by atoms with Crippen LogP contribution in [-0.2, 0) is 9.59 Å². The summed E-state index contributed by atoms with van der Waals surface area (Å²) in [5, 5.41) is 22.5. The van der Waals surface area contributed by atoms with E-state index in [1.165, 1.54) is 12.1 Å². The molecular formula is C25H28ClFN4O6. The molecule has 2 amide bonds. The van der Waals surface area contributed by atoms with Gasteiger partial charge in [0.2, 0.25) is 0 Å². The molecule has 4 rings (SSSR count). The lowest BCUT2D eigenvalue weighted by Gasteiger charge is -2.23. The van der Waals surface area contributed by atoms with Crippen molar-refractivity contribution >= 4 is 40.5 Å². The highest BCUT2D eigenvalue weighted by atomic mass is 35.5. The number of aliphatic carboxylic acids is 2. The Morgan fingerprint density at radius 1 is 1.19 bits per heavy atom. The molecule has 0 spiro atoms. The number of nitrogens with zero attached hydrogens (tertiary/aromatic N) is 2. The first-order valence-electron chi connectivity index (χ1n) is 11.6. The zero-order valence-electron chi connectivity index (χ0n) is 20.1. The highest BCUT2D eigenvalue weighted by Crippen LogP contribution is 2.33. The van der Waals surface area contributed by atoms with Crippen LogP contribution in [0.1, 0.15) is 13.3 Å². The molecule has 1 atom stereocenters. The summed E-state index contributed by atoms with van der Waals surface area (Å²) in [6, 6.07) is 12.2. The zero-order valence-corrected chi connectivity index (χ0v) is 20.9. The van der Waals surface area contributed by atoms with Crippen molar-refractivity contribution in [2.24, 2.45) is 0 Å². The van der Waals surface area contributed by atoms with Gasteiger partial charge in [0.15, 0.2) is 0 Å². The quantitative estimate of drug-likeness (QED) is 0.244. The fourth-order valence-corrected chi connectivity index (χ4v) is 3.98. The van der Waals surface area contributed by atoms with Crippen molar-refractivity contribution in [3.05, 3.63) is 59.5 Å². The molecule has 1 aliphatic rings. The fraction of sp³-hybridized carbons (Fsp3) is 0.320. The van der Waals surface area contributed by atoms with Crippen LogP contribution in [0.4, 0.5) is 9.18 Å². The Balaban J connectivity index is 0.000000568. The second-order valence-corrected chi connectivity index (χ2v) is 8.73. The fourth-order valence-electron chi connectivity index (χ4n) is 3.81. The second-order valence-electron chi connectivity index (χ2n) is 8.29. The lowest BCUT2D eigenvalue weighted by Crippen LogP contribution is -2.42. The van der Waals surface area contributed by atoms with E-state index in [4.69, 9.17) is 36.1 Å². The van der Waals surface area contributed by atoms with Gasteiger partial charge in [0.05, 0.1) is 18.3 Å². The number of aromatic nitrogens is 1. The average Bonchev–Trinajstić information content (AvgIpc) is 3.45. The van der Waals surface area contributed by atoms with E-state index in [1.54, 1.807) is 12.1 Å². The molecule has 0 radical (unpaired) electrons. The van der Waals surface area contributed by atoms with Gasteiger partial charge in [0.1, 0.15) is 11.6 Å². The molecule has 0 saturated carbocycles. The minimum Gasteiger partial charge on any atom is -0.491 e. The van der Waals surface area contributed by atoms with Crippen molar-refractivity contribution in [1.29, 1.82) is 0 Å². The number of halogens is 2.